The number of methoxy groups -OCH3 is 2. The molecule has 1 N–H and O–H groups in total. The first-order chi connectivity index (χ1) is 9.12. The van der Waals surface area contributed by atoms with Gasteiger partial charge < -0.3 is 19.5 Å². The van der Waals surface area contributed by atoms with Crippen molar-refractivity contribution in [3.8, 4) is 11.5 Å². The highest BCUT2D eigenvalue weighted by atomic mass is 16.5. The minimum Gasteiger partial charge on any atom is -0.497 e. The molecule has 0 saturated heterocycles. The molecule has 0 amide bonds. The van der Waals surface area contributed by atoms with Gasteiger partial charge in [0.05, 0.1) is 26.0 Å². The second-order valence-corrected chi connectivity index (χ2v) is 4.44. The molecule has 0 aliphatic carbocycles. The number of rotatable bonds is 8. The summed E-state index contributed by atoms with van der Waals surface area (Å²) in [5.41, 5.74) is 0.931. The van der Waals surface area contributed by atoms with Gasteiger partial charge in [-0.25, -0.2) is 0 Å². The zero-order valence-corrected chi connectivity index (χ0v) is 11.9. The number of aliphatic hydroxyl groups is 1. The van der Waals surface area contributed by atoms with E-state index in [0.29, 0.717) is 13.0 Å². The Morgan fingerprint density at radius 3 is 2.68 bits per heavy atom. The van der Waals surface area contributed by atoms with E-state index in [4.69, 9.17) is 9.47 Å². The molecule has 0 aliphatic heterocycles. The van der Waals surface area contributed by atoms with E-state index in [9.17, 15) is 5.11 Å². The molecule has 0 bridgehead atoms. The lowest BCUT2D eigenvalue weighted by Gasteiger charge is -2.24. The second-order valence-electron chi connectivity index (χ2n) is 4.44. The van der Waals surface area contributed by atoms with Gasteiger partial charge >= 0.3 is 0 Å². The second kappa shape index (κ2) is 7.69. The molecule has 4 heteroatoms. The molecule has 0 spiro atoms. The number of aliphatic hydroxyl groups excluding tert-OH is 1. The van der Waals surface area contributed by atoms with Crippen LogP contribution in [0, 0.1) is 0 Å². The number of nitrogens with zero attached hydrogens (tertiary/aromatic N) is 1. The summed E-state index contributed by atoms with van der Waals surface area (Å²) in [7, 11) is 5.18. The Hall–Kier alpha value is -1.68. The molecule has 1 rings (SSSR count). The first-order valence-corrected chi connectivity index (χ1v) is 6.34. The SMILES string of the molecule is C=CCCC(O)CN(C)c1ccc(OC)cc1OC. The largest absolute Gasteiger partial charge is 0.497 e. The van der Waals surface area contributed by atoms with Crippen molar-refractivity contribution in [1.29, 1.82) is 0 Å². The van der Waals surface area contributed by atoms with Crippen molar-refractivity contribution in [2.45, 2.75) is 18.9 Å². The zero-order valence-electron chi connectivity index (χ0n) is 11.9. The molecular weight excluding hydrogens is 242 g/mol. The van der Waals surface area contributed by atoms with E-state index in [0.717, 1.165) is 23.6 Å². The highest BCUT2D eigenvalue weighted by molar-refractivity contribution is 5.60. The minimum absolute atomic E-state index is 0.380. The van der Waals surface area contributed by atoms with Crippen molar-refractivity contribution < 1.29 is 14.6 Å². The maximum absolute atomic E-state index is 9.92. The molecular formula is C15H23NO3. The number of anilines is 1. The van der Waals surface area contributed by atoms with Crippen LogP contribution in [0.4, 0.5) is 5.69 Å². The molecule has 1 aromatic rings. The van der Waals surface area contributed by atoms with Crippen LogP contribution in [0.3, 0.4) is 0 Å². The molecule has 0 fully saturated rings. The van der Waals surface area contributed by atoms with E-state index >= 15 is 0 Å². The van der Waals surface area contributed by atoms with Crippen molar-refractivity contribution in [2.75, 3.05) is 32.7 Å². The molecule has 1 aromatic carbocycles. The van der Waals surface area contributed by atoms with Gasteiger partial charge in [-0.05, 0) is 25.0 Å². The van der Waals surface area contributed by atoms with E-state index in [1.165, 1.54) is 0 Å². The maximum atomic E-state index is 9.92. The topological polar surface area (TPSA) is 41.9 Å². The van der Waals surface area contributed by atoms with Crippen LogP contribution in [0.15, 0.2) is 30.9 Å². The summed E-state index contributed by atoms with van der Waals surface area (Å²) in [5, 5.41) is 9.92. The summed E-state index contributed by atoms with van der Waals surface area (Å²) in [6, 6.07) is 5.64. The predicted octanol–water partition coefficient (Wildman–Crippen LogP) is 2.47. The van der Waals surface area contributed by atoms with E-state index in [2.05, 4.69) is 6.58 Å². The van der Waals surface area contributed by atoms with Gasteiger partial charge in [-0.1, -0.05) is 6.08 Å². The smallest absolute Gasteiger partial charge is 0.145 e. The molecule has 0 aromatic heterocycles. The van der Waals surface area contributed by atoms with Crippen LogP contribution >= 0.6 is 0 Å². The number of hydrogen-bond donors (Lipinski definition) is 1. The lowest BCUT2D eigenvalue weighted by Crippen LogP contribution is -2.29. The maximum Gasteiger partial charge on any atom is 0.145 e. The molecule has 0 aliphatic rings. The van der Waals surface area contributed by atoms with Crippen LogP contribution in [0.2, 0.25) is 0 Å². The number of ether oxygens (including phenoxy) is 2. The summed E-state index contributed by atoms with van der Waals surface area (Å²) in [4.78, 5) is 1.98. The van der Waals surface area contributed by atoms with Crippen molar-refractivity contribution in [1.82, 2.24) is 0 Å². The van der Waals surface area contributed by atoms with Crippen LogP contribution in [0.1, 0.15) is 12.8 Å². The Bertz CT molecular complexity index is 406. The van der Waals surface area contributed by atoms with Crippen molar-refractivity contribution in [3.63, 3.8) is 0 Å². The third kappa shape index (κ3) is 4.48. The van der Waals surface area contributed by atoms with Gasteiger partial charge in [0.1, 0.15) is 11.5 Å². The van der Waals surface area contributed by atoms with Gasteiger partial charge in [0.15, 0.2) is 0 Å². The van der Waals surface area contributed by atoms with Gasteiger partial charge in [-0.3, -0.25) is 0 Å². The Morgan fingerprint density at radius 1 is 1.37 bits per heavy atom. The summed E-state index contributed by atoms with van der Waals surface area (Å²) >= 11 is 0. The lowest BCUT2D eigenvalue weighted by atomic mass is 10.1. The van der Waals surface area contributed by atoms with Crippen molar-refractivity contribution in [3.05, 3.63) is 30.9 Å². The number of allylic oxidation sites excluding steroid dienone is 1. The normalized spacial score (nSPS) is 11.8. The highest BCUT2D eigenvalue weighted by Gasteiger charge is 2.13. The Kier molecular flexibility index (Phi) is 6.22. The summed E-state index contributed by atoms with van der Waals surface area (Å²) < 4.78 is 10.5. The third-order valence-corrected chi connectivity index (χ3v) is 2.99. The Morgan fingerprint density at radius 2 is 2.11 bits per heavy atom. The Balaban J connectivity index is 2.75. The van der Waals surface area contributed by atoms with Crippen LogP contribution in [-0.4, -0.2) is 39.0 Å². The van der Waals surface area contributed by atoms with Crippen LogP contribution in [0.25, 0.3) is 0 Å². The fourth-order valence-corrected chi connectivity index (χ4v) is 1.92. The zero-order chi connectivity index (χ0) is 14.3. The summed E-state index contributed by atoms with van der Waals surface area (Å²) in [5.74, 6) is 1.49. The highest BCUT2D eigenvalue weighted by Crippen LogP contribution is 2.31. The van der Waals surface area contributed by atoms with Gasteiger partial charge in [0.2, 0.25) is 0 Å². The summed E-state index contributed by atoms with van der Waals surface area (Å²) in [6.45, 7) is 4.21. The molecule has 0 heterocycles. The fraction of sp³-hybridized carbons (Fsp3) is 0.467. The van der Waals surface area contributed by atoms with Gasteiger partial charge in [0.25, 0.3) is 0 Å². The summed E-state index contributed by atoms with van der Waals surface area (Å²) in [6.07, 6.45) is 2.97. The molecule has 1 unspecified atom stereocenters. The first-order valence-electron chi connectivity index (χ1n) is 6.34. The van der Waals surface area contributed by atoms with Crippen molar-refractivity contribution >= 4 is 5.69 Å². The van der Waals surface area contributed by atoms with Crippen LogP contribution in [0.5, 0.6) is 11.5 Å². The van der Waals surface area contributed by atoms with Crippen molar-refractivity contribution in [2.24, 2.45) is 0 Å². The quantitative estimate of drug-likeness (QED) is 0.733. The van der Waals surface area contributed by atoms with E-state index in [1.807, 2.05) is 36.2 Å². The molecule has 0 saturated carbocycles. The molecule has 106 valence electrons. The molecule has 19 heavy (non-hydrogen) atoms. The molecule has 0 radical (unpaired) electrons. The number of benzene rings is 1. The molecule has 1 atom stereocenters. The predicted molar refractivity (Wildman–Crippen MR) is 78.3 cm³/mol. The van der Waals surface area contributed by atoms with Crippen LogP contribution < -0.4 is 14.4 Å². The fourth-order valence-electron chi connectivity index (χ4n) is 1.92. The number of likely N-dealkylation sites (N-methyl/N-ethyl adjacent to an activating group) is 1. The first kappa shape index (κ1) is 15.4. The third-order valence-electron chi connectivity index (χ3n) is 2.99. The monoisotopic (exact) mass is 265 g/mol. The van der Waals surface area contributed by atoms with Gasteiger partial charge in [-0.2, -0.15) is 0 Å². The number of hydrogen-bond acceptors (Lipinski definition) is 4. The van der Waals surface area contributed by atoms with E-state index < -0.39 is 0 Å². The standard InChI is InChI=1S/C15H23NO3/c1-5-6-7-12(17)11-16(2)14-9-8-13(18-3)10-15(14)19-4/h5,8-10,12,17H,1,6-7,11H2,2-4H3. The molecule has 4 nitrogen and oxygen atoms in total. The average Bonchev–Trinajstić information content (AvgIpc) is 2.44. The van der Waals surface area contributed by atoms with Crippen LogP contribution in [-0.2, 0) is 0 Å². The van der Waals surface area contributed by atoms with E-state index in [1.54, 1.807) is 14.2 Å². The minimum atomic E-state index is -0.380. The van der Waals surface area contributed by atoms with Gasteiger partial charge in [-0.15, -0.1) is 6.58 Å². The lowest BCUT2D eigenvalue weighted by molar-refractivity contribution is 0.172. The Labute approximate surface area is 115 Å². The van der Waals surface area contributed by atoms with Gasteiger partial charge in [0, 0.05) is 19.7 Å². The van der Waals surface area contributed by atoms with E-state index in [-0.39, 0.29) is 6.10 Å². The average molecular weight is 265 g/mol.